The van der Waals surface area contributed by atoms with Crippen molar-refractivity contribution in [3.63, 3.8) is 0 Å². The lowest BCUT2D eigenvalue weighted by Gasteiger charge is -2.22. The van der Waals surface area contributed by atoms with E-state index >= 15 is 0 Å². The van der Waals surface area contributed by atoms with Gasteiger partial charge in [0.25, 0.3) is 0 Å². The number of rotatable bonds is 3. The van der Waals surface area contributed by atoms with Gasteiger partial charge in [0.05, 0.1) is 6.10 Å². The van der Waals surface area contributed by atoms with E-state index in [9.17, 15) is 5.11 Å². The van der Waals surface area contributed by atoms with Crippen LogP contribution in [0.25, 0.3) is 0 Å². The fourth-order valence-corrected chi connectivity index (χ4v) is 3.33. The molecular formula is C16H24O. The normalized spacial score (nSPS) is 26.1. The molecule has 3 unspecified atom stereocenters. The molecule has 0 radical (unpaired) electrons. The molecule has 1 nitrogen and oxygen atoms in total. The summed E-state index contributed by atoms with van der Waals surface area (Å²) >= 11 is 0. The summed E-state index contributed by atoms with van der Waals surface area (Å²) in [6.45, 7) is 6.53. The lowest BCUT2D eigenvalue weighted by Crippen LogP contribution is -2.24. The van der Waals surface area contributed by atoms with Gasteiger partial charge in [-0.2, -0.15) is 0 Å². The number of hydrogen-bond acceptors (Lipinski definition) is 1. The van der Waals surface area contributed by atoms with Gasteiger partial charge in [0.1, 0.15) is 0 Å². The minimum Gasteiger partial charge on any atom is -0.392 e. The van der Waals surface area contributed by atoms with E-state index in [4.69, 9.17) is 0 Å². The second-order valence-corrected chi connectivity index (χ2v) is 5.84. The van der Waals surface area contributed by atoms with Crippen LogP contribution in [0.2, 0.25) is 0 Å². The van der Waals surface area contributed by atoms with Crippen molar-refractivity contribution in [2.24, 2.45) is 11.8 Å². The molecule has 1 heteroatoms. The van der Waals surface area contributed by atoms with Gasteiger partial charge in [-0.1, -0.05) is 49.1 Å². The number of benzene rings is 1. The highest BCUT2D eigenvalue weighted by Crippen LogP contribution is 2.34. The average molecular weight is 232 g/mol. The zero-order valence-corrected chi connectivity index (χ0v) is 11.2. The van der Waals surface area contributed by atoms with Crippen molar-refractivity contribution < 1.29 is 5.11 Å². The number of aryl methyl sites for hydroxylation is 2. The summed E-state index contributed by atoms with van der Waals surface area (Å²) in [5.41, 5.74) is 3.88. The minimum atomic E-state index is -0.159. The first-order valence-corrected chi connectivity index (χ1v) is 6.81. The molecule has 0 amide bonds. The Balaban J connectivity index is 2.04. The molecular weight excluding hydrogens is 208 g/mol. The molecule has 94 valence electrons. The molecule has 17 heavy (non-hydrogen) atoms. The summed E-state index contributed by atoms with van der Waals surface area (Å²) in [7, 11) is 0. The molecule has 0 bridgehead atoms. The van der Waals surface area contributed by atoms with Crippen LogP contribution in [0.15, 0.2) is 18.2 Å². The third kappa shape index (κ3) is 3.10. The number of hydrogen-bond donors (Lipinski definition) is 1. The van der Waals surface area contributed by atoms with E-state index in [1.165, 1.54) is 36.0 Å². The van der Waals surface area contributed by atoms with E-state index in [2.05, 4.69) is 39.0 Å². The maximum Gasteiger partial charge on any atom is 0.0611 e. The summed E-state index contributed by atoms with van der Waals surface area (Å²) in [6.07, 6.45) is 4.43. The van der Waals surface area contributed by atoms with Crippen molar-refractivity contribution in [3.05, 3.63) is 34.9 Å². The highest BCUT2D eigenvalue weighted by Gasteiger charge is 2.29. The van der Waals surface area contributed by atoms with Gasteiger partial charge >= 0.3 is 0 Å². The fourth-order valence-electron chi connectivity index (χ4n) is 3.33. The van der Waals surface area contributed by atoms with Crippen LogP contribution in [0.4, 0.5) is 0 Å². The van der Waals surface area contributed by atoms with E-state index < -0.39 is 0 Å². The molecule has 1 aliphatic carbocycles. The summed E-state index contributed by atoms with van der Waals surface area (Å²) in [6, 6.07) is 6.60. The monoisotopic (exact) mass is 232 g/mol. The third-order valence-electron chi connectivity index (χ3n) is 4.15. The summed E-state index contributed by atoms with van der Waals surface area (Å²) in [4.78, 5) is 0. The molecule has 0 aromatic heterocycles. The number of aliphatic hydroxyl groups excluding tert-OH is 1. The molecule has 1 aromatic carbocycles. The Morgan fingerprint density at radius 1 is 1.18 bits per heavy atom. The van der Waals surface area contributed by atoms with Crippen molar-refractivity contribution in [1.82, 2.24) is 0 Å². The first-order valence-electron chi connectivity index (χ1n) is 6.81. The van der Waals surface area contributed by atoms with Crippen molar-refractivity contribution in [2.75, 3.05) is 0 Å². The SMILES string of the molecule is Cc1cc(C)cc(CC(O)C2CCCC2C)c1. The Morgan fingerprint density at radius 3 is 2.35 bits per heavy atom. The third-order valence-corrected chi connectivity index (χ3v) is 4.15. The predicted octanol–water partition coefficient (Wildman–Crippen LogP) is 3.64. The Morgan fingerprint density at radius 2 is 1.82 bits per heavy atom. The van der Waals surface area contributed by atoms with Crippen LogP contribution >= 0.6 is 0 Å². The van der Waals surface area contributed by atoms with Crippen LogP contribution < -0.4 is 0 Å². The predicted molar refractivity (Wildman–Crippen MR) is 72.1 cm³/mol. The molecule has 1 fully saturated rings. The molecule has 1 aromatic rings. The molecule has 0 heterocycles. The minimum absolute atomic E-state index is 0.159. The van der Waals surface area contributed by atoms with Gasteiger partial charge in [0.15, 0.2) is 0 Å². The maximum absolute atomic E-state index is 10.4. The van der Waals surface area contributed by atoms with E-state index in [1.807, 2.05) is 0 Å². The lowest BCUT2D eigenvalue weighted by molar-refractivity contribution is 0.0901. The van der Waals surface area contributed by atoms with Gasteiger partial charge in [0, 0.05) is 0 Å². The maximum atomic E-state index is 10.4. The van der Waals surface area contributed by atoms with Crippen LogP contribution in [-0.2, 0) is 6.42 Å². The molecule has 1 saturated carbocycles. The highest BCUT2D eigenvalue weighted by atomic mass is 16.3. The van der Waals surface area contributed by atoms with Crippen molar-refractivity contribution >= 4 is 0 Å². The van der Waals surface area contributed by atoms with Crippen LogP contribution in [0.3, 0.4) is 0 Å². The average Bonchev–Trinajstić information content (AvgIpc) is 2.62. The van der Waals surface area contributed by atoms with E-state index in [0.29, 0.717) is 11.8 Å². The topological polar surface area (TPSA) is 20.2 Å². The van der Waals surface area contributed by atoms with Crippen LogP contribution in [0.5, 0.6) is 0 Å². The second kappa shape index (κ2) is 5.22. The van der Waals surface area contributed by atoms with Crippen molar-refractivity contribution in [2.45, 2.75) is 52.6 Å². The first kappa shape index (κ1) is 12.6. The van der Waals surface area contributed by atoms with Gasteiger partial charge in [-0.3, -0.25) is 0 Å². The summed E-state index contributed by atoms with van der Waals surface area (Å²) in [5, 5.41) is 10.4. The van der Waals surface area contributed by atoms with Crippen molar-refractivity contribution in [1.29, 1.82) is 0 Å². The molecule has 0 spiro atoms. The van der Waals surface area contributed by atoms with Gasteiger partial charge in [-0.15, -0.1) is 0 Å². The van der Waals surface area contributed by atoms with Crippen LogP contribution in [0, 0.1) is 25.7 Å². The van der Waals surface area contributed by atoms with Crippen LogP contribution in [0.1, 0.15) is 42.9 Å². The second-order valence-electron chi connectivity index (χ2n) is 5.84. The fraction of sp³-hybridized carbons (Fsp3) is 0.625. The van der Waals surface area contributed by atoms with E-state index in [0.717, 1.165) is 6.42 Å². The van der Waals surface area contributed by atoms with Crippen LogP contribution in [-0.4, -0.2) is 11.2 Å². The summed E-state index contributed by atoms with van der Waals surface area (Å²) < 4.78 is 0. The summed E-state index contributed by atoms with van der Waals surface area (Å²) in [5.74, 6) is 1.20. The smallest absolute Gasteiger partial charge is 0.0611 e. The molecule has 1 N–H and O–H groups in total. The Kier molecular flexibility index (Phi) is 3.88. The highest BCUT2D eigenvalue weighted by molar-refractivity contribution is 5.29. The molecule has 0 aliphatic heterocycles. The number of aliphatic hydroxyl groups is 1. The Bertz CT molecular complexity index is 363. The Hall–Kier alpha value is -0.820. The standard InChI is InChI=1S/C16H24O/c1-11-7-12(2)9-14(8-11)10-16(17)15-6-4-5-13(15)3/h7-9,13,15-17H,4-6,10H2,1-3H3. The van der Waals surface area contributed by atoms with Gasteiger partial charge < -0.3 is 5.11 Å². The van der Waals surface area contributed by atoms with Gasteiger partial charge in [-0.05, 0) is 44.1 Å². The van der Waals surface area contributed by atoms with Gasteiger partial charge in [-0.25, -0.2) is 0 Å². The zero-order chi connectivity index (χ0) is 12.4. The molecule has 1 aliphatic rings. The molecule has 2 rings (SSSR count). The van der Waals surface area contributed by atoms with E-state index in [-0.39, 0.29) is 6.10 Å². The quantitative estimate of drug-likeness (QED) is 0.843. The Labute approximate surface area is 105 Å². The first-order chi connectivity index (χ1) is 8.06. The van der Waals surface area contributed by atoms with Crippen molar-refractivity contribution in [3.8, 4) is 0 Å². The van der Waals surface area contributed by atoms with E-state index in [1.54, 1.807) is 0 Å². The zero-order valence-electron chi connectivity index (χ0n) is 11.2. The lowest BCUT2D eigenvalue weighted by atomic mass is 9.88. The molecule has 3 atom stereocenters. The van der Waals surface area contributed by atoms with Gasteiger partial charge in [0.2, 0.25) is 0 Å². The largest absolute Gasteiger partial charge is 0.392 e. The molecule has 0 saturated heterocycles.